The van der Waals surface area contributed by atoms with E-state index in [4.69, 9.17) is 0 Å². The highest BCUT2D eigenvalue weighted by Crippen LogP contribution is 2.34. The minimum absolute atomic E-state index is 0.0156. The van der Waals surface area contributed by atoms with Gasteiger partial charge in [0, 0.05) is 12.6 Å². The largest absolute Gasteiger partial charge is 0.507 e. The first-order valence-corrected chi connectivity index (χ1v) is 6.80. The van der Waals surface area contributed by atoms with Crippen LogP contribution < -0.4 is 10.1 Å². The standard InChI is InChI=1S/C16H13F2N3O2/c1-19-15-5-4-13(20-21-15)12-7-9-2-3-11(23-16(17)18)6-10(9)8-14(12)22/h2-8,16,22H,1H3,(H,19,21). The number of halogens is 2. The highest BCUT2D eigenvalue weighted by molar-refractivity contribution is 5.90. The van der Waals surface area contributed by atoms with E-state index >= 15 is 0 Å². The molecule has 0 aliphatic heterocycles. The number of aromatic nitrogens is 2. The maximum Gasteiger partial charge on any atom is 0.387 e. The fourth-order valence-electron chi connectivity index (χ4n) is 2.25. The third kappa shape index (κ3) is 3.13. The number of phenols is 1. The monoisotopic (exact) mass is 317 g/mol. The Morgan fingerprint density at radius 2 is 1.87 bits per heavy atom. The van der Waals surface area contributed by atoms with Crippen LogP contribution in [0.1, 0.15) is 0 Å². The highest BCUT2D eigenvalue weighted by Gasteiger charge is 2.10. The van der Waals surface area contributed by atoms with Gasteiger partial charge in [0.1, 0.15) is 17.3 Å². The molecule has 3 rings (SSSR count). The summed E-state index contributed by atoms with van der Waals surface area (Å²) in [6.07, 6.45) is 0. The van der Waals surface area contributed by atoms with Crippen molar-refractivity contribution in [3.05, 3.63) is 42.5 Å². The van der Waals surface area contributed by atoms with E-state index in [0.717, 1.165) is 5.39 Å². The second kappa shape index (κ2) is 6.04. The number of anilines is 1. The van der Waals surface area contributed by atoms with Crippen LogP contribution in [0.25, 0.3) is 22.0 Å². The zero-order valence-corrected chi connectivity index (χ0v) is 12.1. The molecule has 7 heteroatoms. The second-order valence-corrected chi connectivity index (χ2v) is 4.81. The molecule has 0 aliphatic carbocycles. The number of fused-ring (bicyclic) bond motifs is 1. The molecule has 0 unspecified atom stereocenters. The molecule has 2 N–H and O–H groups in total. The Bertz CT molecular complexity index is 839. The van der Waals surface area contributed by atoms with Crippen LogP contribution in [-0.2, 0) is 0 Å². The molecule has 23 heavy (non-hydrogen) atoms. The molecule has 1 aromatic heterocycles. The molecule has 0 fully saturated rings. The lowest BCUT2D eigenvalue weighted by molar-refractivity contribution is -0.0497. The van der Waals surface area contributed by atoms with Gasteiger partial charge in [-0.15, -0.1) is 10.2 Å². The van der Waals surface area contributed by atoms with E-state index in [1.54, 1.807) is 31.3 Å². The van der Waals surface area contributed by atoms with Gasteiger partial charge in [-0.3, -0.25) is 0 Å². The van der Waals surface area contributed by atoms with Crippen LogP contribution in [0.5, 0.6) is 11.5 Å². The maximum absolute atomic E-state index is 12.3. The van der Waals surface area contributed by atoms with Gasteiger partial charge in [0.05, 0.1) is 5.69 Å². The number of hydrogen-bond acceptors (Lipinski definition) is 5. The molecule has 0 atom stereocenters. The van der Waals surface area contributed by atoms with Crippen LogP contribution in [0.3, 0.4) is 0 Å². The Morgan fingerprint density at radius 3 is 2.52 bits per heavy atom. The first-order chi connectivity index (χ1) is 11.1. The summed E-state index contributed by atoms with van der Waals surface area (Å²) >= 11 is 0. The summed E-state index contributed by atoms with van der Waals surface area (Å²) in [5.74, 6) is 0.638. The van der Waals surface area contributed by atoms with Crippen molar-refractivity contribution < 1.29 is 18.6 Å². The number of phenolic OH excluding ortho intramolecular Hbond substituents is 1. The van der Waals surface area contributed by atoms with E-state index in [9.17, 15) is 13.9 Å². The Hall–Kier alpha value is -2.96. The third-order valence-corrected chi connectivity index (χ3v) is 3.35. The molecule has 0 radical (unpaired) electrons. The molecule has 118 valence electrons. The average molecular weight is 317 g/mol. The van der Waals surface area contributed by atoms with E-state index in [-0.39, 0.29) is 11.5 Å². The number of benzene rings is 2. The van der Waals surface area contributed by atoms with Crippen molar-refractivity contribution in [2.24, 2.45) is 0 Å². The summed E-state index contributed by atoms with van der Waals surface area (Å²) in [6.45, 7) is -2.89. The minimum Gasteiger partial charge on any atom is -0.507 e. The summed E-state index contributed by atoms with van der Waals surface area (Å²) < 4.78 is 28.9. The van der Waals surface area contributed by atoms with Gasteiger partial charge in [-0.2, -0.15) is 8.78 Å². The zero-order valence-electron chi connectivity index (χ0n) is 12.1. The summed E-state index contributed by atoms with van der Waals surface area (Å²) in [7, 11) is 1.73. The summed E-state index contributed by atoms with van der Waals surface area (Å²) in [5.41, 5.74) is 1.02. The Balaban J connectivity index is 2.03. The number of alkyl halides is 2. The van der Waals surface area contributed by atoms with Gasteiger partial charge in [-0.25, -0.2) is 0 Å². The van der Waals surface area contributed by atoms with E-state index in [0.29, 0.717) is 22.5 Å². The second-order valence-electron chi connectivity index (χ2n) is 4.81. The first-order valence-electron chi connectivity index (χ1n) is 6.80. The van der Waals surface area contributed by atoms with Gasteiger partial charge >= 0.3 is 6.61 Å². The fourth-order valence-corrected chi connectivity index (χ4v) is 2.25. The fraction of sp³-hybridized carbons (Fsp3) is 0.125. The molecule has 3 aromatic rings. The topological polar surface area (TPSA) is 67.3 Å². The number of aromatic hydroxyl groups is 1. The highest BCUT2D eigenvalue weighted by atomic mass is 19.3. The van der Waals surface area contributed by atoms with Crippen LogP contribution in [0.2, 0.25) is 0 Å². The summed E-state index contributed by atoms with van der Waals surface area (Å²) in [6, 6.07) is 11.2. The van der Waals surface area contributed by atoms with Crippen LogP contribution in [0, 0.1) is 0 Å². The quantitative estimate of drug-likeness (QED) is 0.769. The van der Waals surface area contributed by atoms with E-state index in [1.807, 2.05) is 0 Å². The van der Waals surface area contributed by atoms with Gasteiger partial charge in [-0.1, -0.05) is 6.07 Å². The molecule has 2 aromatic carbocycles. The van der Waals surface area contributed by atoms with Gasteiger partial charge in [-0.05, 0) is 47.2 Å². The number of rotatable bonds is 4. The van der Waals surface area contributed by atoms with Crippen molar-refractivity contribution in [3.63, 3.8) is 0 Å². The number of nitrogens with zero attached hydrogens (tertiary/aromatic N) is 2. The van der Waals surface area contributed by atoms with Crippen molar-refractivity contribution in [3.8, 4) is 22.8 Å². The van der Waals surface area contributed by atoms with Gasteiger partial charge in [0.2, 0.25) is 0 Å². The molecule has 5 nitrogen and oxygen atoms in total. The molecule has 0 amide bonds. The van der Waals surface area contributed by atoms with Crippen molar-refractivity contribution >= 4 is 16.6 Å². The molecule has 0 saturated heterocycles. The molecule has 0 aliphatic rings. The zero-order chi connectivity index (χ0) is 16.4. The molecule has 0 saturated carbocycles. The normalized spacial score (nSPS) is 11.0. The van der Waals surface area contributed by atoms with Crippen molar-refractivity contribution in [2.45, 2.75) is 6.61 Å². The van der Waals surface area contributed by atoms with E-state index < -0.39 is 6.61 Å². The lowest BCUT2D eigenvalue weighted by atomic mass is 10.0. The number of nitrogens with one attached hydrogen (secondary N) is 1. The summed E-state index contributed by atoms with van der Waals surface area (Å²) in [5, 5.41) is 22.4. The Labute approximate surface area is 130 Å². The molecule has 0 bridgehead atoms. The third-order valence-electron chi connectivity index (χ3n) is 3.35. The van der Waals surface area contributed by atoms with Crippen molar-refractivity contribution in [1.29, 1.82) is 0 Å². The predicted molar refractivity (Wildman–Crippen MR) is 82.8 cm³/mol. The lowest BCUT2D eigenvalue weighted by Gasteiger charge is -2.09. The number of hydrogen-bond donors (Lipinski definition) is 2. The van der Waals surface area contributed by atoms with Crippen molar-refractivity contribution in [1.82, 2.24) is 10.2 Å². The number of ether oxygens (including phenoxy) is 1. The molecule has 0 spiro atoms. The molecular formula is C16H13F2N3O2. The molecule has 1 heterocycles. The average Bonchev–Trinajstić information content (AvgIpc) is 2.54. The predicted octanol–water partition coefficient (Wildman–Crippen LogP) is 3.65. The van der Waals surface area contributed by atoms with Crippen LogP contribution in [0.15, 0.2) is 42.5 Å². The van der Waals surface area contributed by atoms with Crippen LogP contribution >= 0.6 is 0 Å². The Kier molecular flexibility index (Phi) is 3.92. The van der Waals surface area contributed by atoms with Gasteiger partial charge < -0.3 is 15.2 Å². The summed E-state index contributed by atoms with van der Waals surface area (Å²) in [4.78, 5) is 0. The lowest BCUT2D eigenvalue weighted by Crippen LogP contribution is -2.01. The first kappa shape index (κ1) is 15.0. The van der Waals surface area contributed by atoms with E-state index in [2.05, 4.69) is 20.3 Å². The molecular weight excluding hydrogens is 304 g/mol. The smallest absolute Gasteiger partial charge is 0.387 e. The minimum atomic E-state index is -2.89. The van der Waals surface area contributed by atoms with Gasteiger partial charge in [0.25, 0.3) is 0 Å². The van der Waals surface area contributed by atoms with E-state index in [1.165, 1.54) is 18.2 Å². The van der Waals surface area contributed by atoms with Crippen LogP contribution in [-0.4, -0.2) is 29.0 Å². The van der Waals surface area contributed by atoms with Crippen LogP contribution in [0.4, 0.5) is 14.6 Å². The van der Waals surface area contributed by atoms with Crippen molar-refractivity contribution in [2.75, 3.05) is 12.4 Å². The van der Waals surface area contributed by atoms with Gasteiger partial charge in [0.15, 0.2) is 0 Å². The Morgan fingerprint density at radius 1 is 1.04 bits per heavy atom. The maximum atomic E-state index is 12.3. The SMILES string of the molecule is CNc1ccc(-c2cc3ccc(OC(F)F)cc3cc2O)nn1.